The number of hydroxylamine groups is 1. The molecule has 0 saturated heterocycles. The molecule has 5 N–H and O–H groups in total. The van der Waals surface area contributed by atoms with Gasteiger partial charge in [0.1, 0.15) is 6.04 Å². The van der Waals surface area contributed by atoms with Gasteiger partial charge in [0, 0.05) is 31.5 Å². The van der Waals surface area contributed by atoms with Crippen molar-refractivity contribution in [1.29, 1.82) is 0 Å². The Balaban J connectivity index is 2.44. The van der Waals surface area contributed by atoms with Crippen LogP contribution in [0.25, 0.3) is 0 Å². The van der Waals surface area contributed by atoms with E-state index in [4.69, 9.17) is 5.21 Å². The number of hydrogen-bond acceptors (Lipinski definition) is 5. The molecule has 174 valence electrons. The van der Waals surface area contributed by atoms with Gasteiger partial charge in [-0.2, -0.15) is 0 Å². The fourth-order valence-electron chi connectivity index (χ4n) is 2.77. The lowest BCUT2D eigenvalue weighted by molar-refractivity contribution is -0.135. The minimum absolute atomic E-state index is 0.0222. The van der Waals surface area contributed by atoms with Crippen LogP contribution in [0.15, 0.2) is 49.1 Å². The summed E-state index contributed by atoms with van der Waals surface area (Å²) in [6.45, 7) is 8.86. The highest BCUT2D eigenvalue weighted by Gasteiger charge is 2.21. The van der Waals surface area contributed by atoms with Gasteiger partial charge in [-0.05, 0) is 24.0 Å². The predicted molar refractivity (Wildman–Crippen MR) is 121 cm³/mol. The van der Waals surface area contributed by atoms with E-state index < -0.39 is 23.8 Å². The van der Waals surface area contributed by atoms with Crippen molar-refractivity contribution in [3.05, 3.63) is 60.2 Å². The summed E-state index contributed by atoms with van der Waals surface area (Å²) in [7, 11) is 0. The van der Waals surface area contributed by atoms with Gasteiger partial charge in [-0.25, -0.2) is 5.48 Å². The second-order valence-corrected chi connectivity index (χ2v) is 7.20. The molecule has 0 saturated carbocycles. The molecule has 1 aromatic rings. The van der Waals surface area contributed by atoms with E-state index in [-0.39, 0.29) is 37.4 Å². The highest BCUT2D eigenvalue weighted by atomic mass is 16.5. The zero-order valence-electron chi connectivity index (χ0n) is 18.4. The maximum atomic E-state index is 12.1. The van der Waals surface area contributed by atoms with Gasteiger partial charge in [0.05, 0.1) is 0 Å². The molecule has 1 atom stereocenters. The largest absolute Gasteiger partial charge is 0.353 e. The van der Waals surface area contributed by atoms with Crippen LogP contribution < -0.4 is 21.4 Å². The van der Waals surface area contributed by atoms with E-state index in [1.54, 1.807) is 0 Å². The predicted octanol–water partition coefficient (Wildman–Crippen LogP) is 0.927. The minimum Gasteiger partial charge on any atom is -0.353 e. The van der Waals surface area contributed by atoms with Crippen molar-refractivity contribution in [2.75, 3.05) is 13.1 Å². The van der Waals surface area contributed by atoms with Crippen LogP contribution >= 0.6 is 0 Å². The molecule has 0 unspecified atom stereocenters. The van der Waals surface area contributed by atoms with Crippen molar-refractivity contribution < 1.29 is 24.4 Å². The van der Waals surface area contributed by atoms with Crippen LogP contribution in [0.4, 0.5) is 0 Å². The molecule has 0 aromatic heterocycles. The molecule has 1 aromatic carbocycles. The Morgan fingerprint density at radius 3 is 2.19 bits per heavy atom. The monoisotopic (exact) mass is 444 g/mol. The SMILES string of the molecule is C=CC(=C)C(=O)NCCC(=O)N[C@@H](CNC(=O)CCc1ccc(CCC)cc1)C(=O)NO. The molecule has 1 rings (SSSR count). The van der Waals surface area contributed by atoms with Crippen molar-refractivity contribution in [3.8, 4) is 0 Å². The molecule has 0 aliphatic heterocycles. The van der Waals surface area contributed by atoms with Gasteiger partial charge in [0.15, 0.2) is 0 Å². The third-order valence-electron chi connectivity index (χ3n) is 4.64. The average molecular weight is 445 g/mol. The molecule has 32 heavy (non-hydrogen) atoms. The van der Waals surface area contributed by atoms with Gasteiger partial charge in [-0.3, -0.25) is 24.4 Å². The highest BCUT2D eigenvalue weighted by Crippen LogP contribution is 2.08. The van der Waals surface area contributed by atoms with Crippen LogP contribution in [0.5, 0.6) is 0 Å². The Bertz CT molecular complexity index is 820. The number of aryl methyl sites for hydroxylation is 2. The van der Waals surface area contributed by atoms with E-state index in [0.29, 0.717) is 6.42 Å². The lowest BCUT2D eigenvalue weighted by atomic mass is 10.0. The maximum absolute atomic E-state index is 12.1. The van der Waals surface area contributed by atoms with E-state index in [1.807, 2.05) is 24.3 Å². The standard InChI is InChI=1S/C23H32N4O5/c1-4-6-17-7-9-18(10-8-17)11-12-20(28)25-15-19(23(31)27-32)26-21(29)13-14-24-22(30)16(3)5-2/h5,7-10,19,32H,2-4,6,11-15H2,1H3,(H,24,30)(H,25,28)(H,26,29)(H,27,31)/t19-/m0/s1. The number of amides is 4. The highest BCUT2D eigenvalue weighted by molar-refractivity contribution is 5.95. The summed E-state index contributed by atoms with van der Waals surface area (Å²) in [5.74, 6) is -2.15. The van der Waals surface area contributed by atoms with Crippen molar-refractivity contribution in [3.63, 3.8) is 0 Å². The number of benzene rings is 1. The van der Waals surface area contributed by atoms with E-state index in [0.717, 1.165) is 18.4 Å². The Hall–Kier alpha value is -3.46. The van der Waals surface area contributed by atoms with Crippen molar-refractivity contribution in [2.24, 2.45) is 0 Å². The first-order valence-electron chi connectivity index (χ1n) is 10.5. The summed E-state index contributed by atoms with van der Waals surface area (Å²) >= 11 is 0. The Labute approximate surface area is 188 Å². The topological polar surface area (TPSA) is 137 Å². The van der Waals surface area contributed by atoms with Crippen molar-refractivity contribution in [2.45, 2.75) is 45.1 Å². The normalized spacial score (nSPS) is 11.1. The second kappa shape index (κ2) is 14.5. The Morgan fingerprint density at radius 1 is 1.00 bits per heavy atom. The van der Waals surface area contributed by atoms with E-state index in [1.165, 1.54) is 17.1 Å². The van der Waals surface area contributed by atoms with E-state index >= 15 is 0 Å². The number of hydrogen-bond donors (Lipinski definition) is 5. The number of nitrogens with one attached hydrogen (secondary N) is 4. The minimum atomic E-state index is -1.16. The molecular formula is C23H32N4O5. The second-order valence-electron chi connectivity index (χ2n) is 7.20. The molecule has 9 heteroatoms. The Morgan fingerprint density at radius 2 is 1.62 bits per heavy atom. The van der Waals surface area contributed by atoms with Gasteiger partial charge >= 0.3 is 0 Å². The molecule has 4 amide bonds. The lowest BCUT2D eigenvalue weighted by Gasteiger charge is -2.17. The summed E-state index contributed by atoms with van der Waals surface area (Å²) in [4.78, 5) is 47.6. The van der Waals surface area contributed by atoms with E-state index in [9.17, 15) is 19.2 Å². The fourth-order valence-corrected chi connectivity index (χ4v) is 2.77. The summed E-state index contributed by atoms with van der Waals surface area (Å²) in [5.41, 5.74) is 3.91. The zero-order valence-corrected chi connectivity index (χ0v) is 18.4. The van der Waals surface area contributed by atoms with Gasteiger partial charge in [-0.15, -0.1) is 0 Å². The molecule has 0 aliphatic rings. The molecule has 0 aliphatic carbocycles. The van der Waals surface area contributed by atoms with Crippen LogP contribution in [0, 0.1) is 0 Å². The fraction of sp³-hybridized carbons (Fsp3) is 0.391. The third kappa shape index (κ3) is 10.0. The van der Waals surface area contributed by atoms with Crippen LogP contribution in [0.1, 0.15) is 37.3 Å². The quantitative estimate of drug-likeness (QED) is 0.126. The van der Waals surface area contributed by atoms with Gasteiger partial charge in [0.25, 0.3) is 11.8 Å². The first-order valence-corrected chi connectivity index (χ1v) is 10.5. The molecular weight excluding hydrogens is 412 g/mol. The smallest absolute Gasteiger partial charge is 0.267 e. The first-order chi connectivity index (χ1) is 15.3. The molecule has 0 bridgehead atoms. The van der Waals surface area contributed by atoms with Crippen LogP contribution in [0.2, 0.25) is 0 Å². The van der Waals surface area contributed by atoms with Crippen LogP contribution in [0.3, 0.4) is 0 Å². The first kappa shape index (κ1) is 26.6. The molecule has 0 spiro atoms. The molecule has 9 nitrogen and oxygen atoms in total. The molecule has 0 fully saturated rings. The van der Waals surface area contributed by atoms with Crippen molar-refractivity contribution >= 4 is 23.6 Å². The summed E-state index contributed by atoms with van der Waals surface area (Å²) in [6, 6.07) is 6.91. The van der Waals surface area contributed by atoms with Gasteiger partial charge < -0.3 is 16.0 Å². The van der Waals surface area contributed by atoms with E-state index in [2.05, 4.69) is 36.0 Å². The maximum Gasteiger partial charge on any atom is 0.267 e. The van der Waals surface area contributed by atoms with Crippen LogP contribution in [-0.2, 0) is 32.0 Å². The summed E-state index contributed by atoms with van der Waals surface area (Å²) in [6.07, 6.45) is 4.03. The van der Waals surface area contributed by atoms with Gasteiger partial charge in [-0.1, -0.05) is 56.8 Å². The molecule has 0 heterocycles. The number of carbonyl (C=O) groups excluding carboxylic acids is 4. The third-order valence-corrected chi connectivity index (χ3v) is 4.64. The van der Waals surface area contributed by atoms with Crippen molar-refractivity contribution in [1.82, 2.24) is 21.4 Å². The Kier molecular flexibility index (Phi) is 12.1. The average Bonchev–Trinajstić information content (AvgIpc) is 2.80. The summed E-state index contributed by atoms with van der Waals surface area (Å²) in [5, 5.41) is 16.4. The van der Waals surface area contributed by atoms with Gasteiger partial charge in [0.2, 0.25) is 11.8 Å². The zero-order chi connectivity index (χ0) is 23.9. The lowest BCUT2D eigenvalue weighted by Crippen LogP contribution is -2.52. The van der Waals surface area contributed by atoms with Crippen LogP contribution in [-0.4, -0.2) is 48.0 Å². The number of carbonyl (C=O) groups is 4. The molecule has 0 radical (unpaired) electrons. The summed E-state index contributed by atoms with van der Waals surface area (Å²) < 4.78 is 0. The number of rotatable bonds is 14.